The van der Waals surface area contributed by atoms with E-state index >= 15 is 0 Å². The molecule has 98 valence electrons. The summed E-state index contributed by atoms with van der Waals surface area (Å²) in [6.07, 6.45) is 4.06. The number of fused-ring (bicyclic) bond motifs is 1. The van der Waals surface area contributed by atoms with Gasteiger partial charge in [-0.15, -0.1) is 11.3 Å². The smallest absolute Gasteiger partial charge is 0.137 e. The number of hydrogen-bond donors (Lipinski definition) is 1. The predicted molar refractivity (Wildman–Crippen MR) is 80.6 cm³/mol. The quantitative estimate of drug-likeness (QED) is 0.791. The highest BCUT2D eigenvalue weighted by Gasteiger charge is 2.14. The number of hydrogen-bond acceptors (Lipinski definition) is 3. The summed E-state index contributed by atoms with van der Waals surface area (Å²) in [6, 6.07) is 8.45. The molecule has 3 heterocycles. The van der Waals surface area contributed by atoms with Gasteiger partial charge < -0.3 is 10.1 Å². The molecular formula is C15H17N3S. The molecule has 3 aromatic rings. The molecule has 0 amide bonds. The van der Waals surface area contributed by atoms with Gasteiger partial charge in [-0.05, 0) is 55.5 Å². The maximum absolute atomic E-state index is 5.65. The van der Waals surface area contributed by atoms with E-state index in [4.69, 9.17) is 10.7 Å². The first-order chi connectivity index (χ1) is 9.29. The minimum Gasteiger partial charge on any atom is -0.330 e. The number of pyridine rings is 1. The van der Waals surface area contributed by atoms with Crippen LogP contribution >= 0.6 is 11.3 Å². The summed E-state index contributed by atoms with van der Waals surface area (Å²) in [4.78, 5) is 6.03. The van der Waals surface area contributed by atoms with E-state index in [0.717, 1.165) is 24.2 Å². The maximum Gasteiger partial charge on any atom is 0.137 e. The second-order valence-electron chi connectivity index (χ2n) is 4.71. The van der Waals surface area contributed by atoms with Crippen LogP contribution in [0.25, 0.3) is 16.2 Å². The fourth-order valence-electron chi connectivity index (χ4n) is 2.32. The van der Waals surface area contributed by atoms with Crippen LogP contribution in [0.3, 0.4) is 0 Å². The Morgan fingerprint density at radius 1 is 1.37 bits per heavy atom. The molecule has 4 heteroatoms. The van der Waals surface area contributed by atoms with E-state index < -0.39 is 0 Å². The van der Waals surface area contributed by atoms with Gasteiger partial charge in [0, 0.05) is 6.20 Å². The lowest BCUT2D eigenvalue weighted by molar-refractivity contribution is 0.804. The third kappa shape index (κ3) is 2.29. The van der Waals surface area contributed by atoms with Gasteiger partial charge in [0.1, 0.15) is 11.3 Å². The summed E-state index contributed by atoms with van der Waals surface area (Å²) < 4.78 is 2.19. The fraction of sp³-hybridized carbons (Fsp3) is 0.267. The molecule has 2 N–H and O–H groups in total. The van der Waals surface area contributed by atoms with Crippen molar-refractivity contribution in [1.29, 1.82) is 0 Å². The van der Waals surface area contributed by atoms with Gasteiger partial charge in [0.2, 0.25) is 0 Å². The molecule has 19 heavy (non-hydrogen) atoms. The zero-order valence-electron chi connectivity index (χ0n) is 11.0. The molecule has 0 spiro atoms. The minimum absolute atomic E-state index is 0.711. The number of nitrogens with two attached hydrogens (primary N) is 1. The van der Waals surface area contributed by atoms with Crippen molar-refractivity contribution >= 4 is 17.0 Å². The molecule has 0 fully saturated rings. The van der Waals surface area contributed by atoms with E-state index in [1.807, 2.05) is 0 Å². The lowest BCUT2D eigenvalue weighted by Gasteiger charge is -2.03. The Morgan fingerprint density at radius 2 is 2.26 bits per heavy atom. The highest BCUT2D eigenvalue weighted by atomic mass is 32.1. The van der Waals surface area contributed by atoms with Gasteiger partial charge in [0.05, 0.1) is 10.6 Å². The van der Waals surface area contributed by atoms with Crippen LogP contribution in [0.15, 0.2) is 35.8 Å². The molecule has 0 saturated carbocycles. The molecule has 0 aliphatic heterocycles. The summed E-state index contributed by atoms with van der Waals surface area (Å²) in [5, 5.41) is 2.09. The average molecular weight is 271 g/mol. The highest BCUT2D eigenvalue weighted by molar-refractivity contribution is 7.13. The predicted octanol–water partition coefficient (Wildman–Crippen LogP) is 3.26. The molecule has 3 rings (SSSR count). The number of imidazole rings is 1. The number of nitrogens with zero attached hydrogens (tertiary/aromatic N) is 2. The van der Waals surface area contributed by atoms with Gasteiger partial charge in [-0.3, -0.25) is 0 Å². The van der Waals surface area contributed by atoms with E-state index in [2.05, 4.69) is 47.2 Å². The summed E-state index contributed by atoms with van der Waals surface area (Å²) in [6.45, 7) is 2.81. The van der Waals surface area contributed by atoms with Crippen LogP contribution in [0, 0.1) is 6.92 Å². The van der Waals surface area contributed by atoms with Gasteiger partial charge in [-0.1, -0.05) is 6.07 Å². The zero-order valence-corrected chi connectivity index (χ0v) is 11.8. The normalized spacial score (nSPS) is 11.3. The van der Waals surface area contributed by atoms with Crippen molar-refractivity contribution < 1.29 is 0 Å². The van der Waals surface area contributed by atoms with Gasteiger partial charge in [-0.25, -0.2) is 4.98 Å². The molecule has 0 atom stereocenters. The summed E-state index contributed by atoms with van der Waals surface area (Å²) in [5.74, 6) is 0. The highest BCUT2D eigenvalue weighted by Crippen LogP contribution is 2.29. The van der Waals surface area contributed by atoms with Crippen molar-refractivity contribution in [3.05, 3.63) is 47.1 Å². The van der Waals surface area contributed by atoms with Crippen molar-refractivity contribution in [2.75, 3.05) is 6.54 Å². The first kappa shape index (κ1) is 12.4. The summed E-state index contributed by atoms with van der Waals surface area (Å²) in [5.41, 5.74) is 10.3. The molecule has 0 unspecified atom stereocenters. The van der Waals surface area contributed by atoms with E-state index in [1.165, 1.54) is 16.1 Å². The molecule has 0 aromatic carbocycles. The zero-order chi connectivity index (χ0) is 13.2. The van der Waals surface area contributed by atoms with E-state index in [-0.39, 0.29) is 0 Å². The SMILES string of the molecule is Cc1ccn2c(CCCN)c(-c3cccs3)nc2c1. The topological polar surface area (TPSA) is 43.3 Å². The van der Waals surface area contributed by atoms with Crippen LogP contribution in [0.5, 0.6) is 0 Å². The molecule has 0 saturated heterocycles. The van der Waals surface area contributed by atoms with Crippen molar-refractivity contribution in [2.45, 2.75) is 19.8 Å². The third-order valence-corrected chi connectivity index (χ3v) is 4.13. The Morgan fingerprint density at radius 3 is 3.00 bits per heavy atom. The van der Waals surface area contributed by atoms with E-state index in [0.29, 0.717) is 6.54 Å². The van der Waals surface area contributed by atoms with Gasteiger partial charge in [-0.2, -0.15) is 0 Å². The lowest BCUT2D eigenvalue weighted by atomic mass is 10.2. The molecular weight excluding hydrogens is 254 g/mol. The van der Waals surface area contributed by atoms with Crippen LogP contribution in [-0.4, -0.2) is 15.9 Å². The Labute approximate surface area is 116 Å². The molecule has 0 radical (unpaired) electrons. The van der Waals surface area contributed by atoms with Gasteiger partial charge in [0.25, 0.3) is 0 Å². The average Bonchev–Trinajstić information content (AvgIpc) is 3.02. The number of thiophene rings is 1. The second kappa shape index (κ2) is 5.15. The molecule has 3 aromatic heterocycles. The Kier molecular flexibility index (Phi) is 3.36. The molecule has 0 aliphatic rings. The monoisotopic (exact) mass is 271 g/mol. The fourth-order valence-corrected chi connectivity index (χ4v) is 3.05. The lowest BCUT2D eigenvalue weighted by Crippen LogP contribution is -2.03. The van der Waals surface area contributed by atoms with Crippen LogP contribution in [0.4, 0.5) is 0 Å². The Balaban J connectivity index is 2.18. The number of aryl methyl sites for hydroxylation is 2. The van der Waals surface area contributed by atoms with Crippen LogP contribution < -0.4 is 5.73 Å². The van der Waals surface area contributed by atoms with Crippen LogP contribution in [0.1, 0.15) is 17.7 Å². The number of aromatic nitrogens is 2. The molecule has 3 nitrogen and oxygen atoms in total. The second-order valence-corrected chi connectivity index (χ2v) is 5.66. The Bertz CT molecular complexity index is 683. The van der Waals surface area contributed by atoms with Gasteiger partial charge in [0.15, 0.2) is 0 Å². The standard InChI is InChI=1S/C15H17N3S/c1-11-6-8-18-12(4-2-7-16)15(17-14(18)10-11)13-5-3-9-19-13/h3,5-6,8-10H,2,4,7,16H2,1H3. The van der Waals surface area contributed by atoms with Crippen LogP contribution in [0.2, 0.25) is 0 Å². The van der Waals surface area contributed by atoms with Crippen LogP contribution in [-0.2, 0) is 6.42 Å². The van der Waals surface area contributed by atoms with Crippen molar-refractivity contribution in [3.63, 3.8) is 0 Å². The van der Waals surface area contributed by atoms with E-state index in [1.54, 1.807) is 11.3 Å². The molecule has 0 bridgehead atoms. The van der Waals surface area contributed by atoms with E-state index in [9.17, 15) is 0 Å². The third-order valence-electron chi connectivity index (χ3n) is 3.25. The minimum atomic E-state index is 0.711. The number of rotatable bonds is 4. The first-order valence-electron chi connectivity index (χ1n) is 6.51. The van der Waals surface area contributed by atoms with Crippen molar-refractivity contribution in [1.82, 2.24) is 9.38 Å². The summed E-state index contributed by atoms with van der Waals surface area (Å²) in [7, 11) is 0. The van der Waals surface area contributed by atoms with Crippen molar-refractivity contribution in [2.24, 2.45) is 5.73 Å². The largest absolute Gasteiger partial charge is 0.330 e. The molecule has 0 aliphatic carbocycles. The van der Waals surface area contributed by atoms with Crippen molar-refractivity contribution in [3.8, 4) is 10.6 Å². The summed E-state index contributed by atoms with van der Waals surface area (Å²) >= 11 is 1.74. The first-order valence-corrected chi connectivity index (χ1v) is 7.39. The maximum atomic E-state index is 5.65. The van der Waals surface area contributed by atoms with Gasteiger partial charge >= 0.3 is 0 Å². The Hall–Kier alpha value is -1.65.